The zero-order valence-corrected chi connectivity index (χ0v) is 10.3. The van der Waals surface area contributed by atoms with Gasteiger partial charge in [0.2, 0.25) is 0 Å². The van der Waals surface area contributed by atoms with Gasteiger partial charge in [-0.15, -0.1) is 6.42 Å². The zero-order valence-electron chi connectivity index (χ0n) is 10.3. The first-order chi connectivity index (χ1) is 7.04. The molecule has 0 amide bonds. The summed E-state index contributed by atoms with van der Waals surface area (Å²) in [5.41, 5.74) is 0.459. The highest BCUT2D eigenvalue weighted by Crippen LogP contribution is 2.33. The summed E-state index contributed by atoms with van der Waals surface area (Å²) in [5.74, 6) is 3.45. The van der Waals surface area contributed by atoms with E-state index in [-0.39, 0.29) is 0 Å². The molecule has 86 valence electrons. The van der Waals surface area contributed by atoms with Crippen LogP contribution in [0.2, 0.25) is 0 Å². The van der Waals surface area contributed by atoms with Crippen LogP contribution in [-0.2, 0) is 0 Å². The van der Waals surface area contributed by atoms with Crippen LogP contribution >= 0.6 is 0 Å². The molecule has 0 saturated carbocycles. The lowest BCUT2D eigenvalue weighted by Gasteiger charge is -2.27. The molecule has 0 spiro atoms. The van der Waals surface area contributed by atoms with Crippen molar-refractivity contribution in [1.82, 2.24) is 10.2 Å². The van der Waals surface area contributed by atoms with E-state index < -0.39 is 0 Å². The van der Waals surface area contributed by atoms with Crippen molar-refractivity contribution in [3.8, 4) is 12.3 Å². The highest BCUT2D eigenvalue weighted by Gasteiger charge is 2.31. The van der Waals surface area contributed by atoms with Crippen molar-refractivity contribution in [2.45, 2.75) is 27.2 Å². The topological polar surface area (TPSA) is 15.3 Å². The third-order valence-corrected chi connectivity index (χ3v) is 3.33. The first-order valence-corrected chi connectivity index (χ1v) is 5.90. The molecule has 2 heteroatoms. The van der Waals surface area contributed by atoms with Crippen LogP contribution in [0, 0.1) is 23.7 Å². The molecule has 2 nitrogen and oxygen atoms in total. The summed E-state index contributed by atoms with van der Waals surface area (Å²) in [6.07, 6.45) is 6.52. The Hall–Kier alpha value is -0.520. The molecular formula is C13H24N2. The summed E-state index contributed by atoms with van der Waals surface area (Å²) in [6, 6.07) is 0. The summed E-state index contributed by atoms with van der Waals surface area (Å²) < 4.78 is 0. The van der Waals surface area contributed by atoms with Gasteiger partial charge < -0.3 is 10.2 Å². The van der Waals surface area contributed by atoms with Crippen molar-refractivity contribution in [3.05, 3.63) is 0 Å². The molecule has 1 fully saturated rings. The molecule has 0 bridgehead atoms. The monoisotopic (exact) mass is 208 g/mol. The predicted octanol–water partition coefficient (Wildman–Crippen LogP) is 1.58. The van der Waals surface area contributed by atoms with Crippen LogP contribution in [0.3, 0.4) is 0 Å². The van der Waals surface area contributed by atoms with Crippen LogP contribution in [0.15, 0.2) is 0 Å². The zero-order chi connectivity index (χ0) is 11.3. The molecule has 1 atom stereocenters. The first kappa shape index (κ1) is 12.5. The minimum absolute atomic E-state index is 0.459. The lowest BCUT2D eigenvalue weighted by atomic mass is 9.80. The van der Waals surface area contributed by atoms with Crippen LogP contribution in [0.1, 0.15) is 27.2 Å². The molecule has 15 heavy (non-hydrogen) atoms. The average molecular weight is 208 g/mol. The Labute approximate surface area is 94.4 Å². The van der Waals surface area contributed by atoms with Gasteiger partial charge in [0.1, 0.15) is 0 Å². The third-order valence-electron chi connectivity index (χ3n) is 3.33. The third kappa shape index (κ3) is 4.24. The second kappa shape index (κ2) is 5.53. The van der Waals surface area contributed by atoms with Gasteiger partial charge in [0.15, 0.2) is 0 Å². The Balaban J connectivity index is 2.17. The Kier molecular flexibility index (Phi) is 4.63. The van der Waals surface area contributed by atoms with Crippen molar-refractivity contribution < 1.29 is 0 Å². The van der Waals surface area contributed by atoms with E-state index in [0.717, 1.165) is 19.0 Å². The summed E-state index contributed by atoms with van der Waals surface area (Å²) in [5, 5.41) is 3.24. The summed E-state index contributed by atoms with van der Waals surface area (Å²) in [7, 11) is 0. The Bertz CT molecular complexity index is 222. The second-order valence-corrected chi connectivity index (χ2v) is 5.53. The summed E-state index contributed by atoms with van der Waals surface area (Å²) in [6.45, 7) is 12.4. The lowest BCUT2D eigenvalue weighted by Crippen LogP contribution is -2.32. The second-order valence-electron chi connectivity index (χ2n) is 5.53. The van der Waals surface area contributed by atoms with Gasteiger partial charge in [-0.1, -0.05) is 26.7 Å². The van der Waals surface area contributed by atoms with E-state index in [9.17, 15) is 0 Å². The van der Waals surface area contributed by atoms with E-state index in [1.54, 1.807) is 0 Å². The quantitative estimate of drug-likeness (QED) is 0.557. The van der Waals surface area contributed by atoms with E-state index in [0.29, 0.717) is 12.0 Å². The molecule has 1 saturated heterocycles. The first-order valence-electron chi connectivity index (χ1n) is 5.90. The summed E-state index contributed by atoms with van der Waals surface area (Å²) in [4.78, 5) is 2.54. The normalized spacial score (nSPS) is 22.9. The number of nitrogens with one attached hydrogen (secondary N) is 1. The highest BCUT2D eigenvalue weighted by molar-refractivity contribution is 4.87. The van der Waals surface area contributed by atoms with Crippen LogP contribution in [0.4, 0.5) is 0 Å². The van der Waals surface area contributed by atoms with E-state index in [2.05, 4.69) is 36.9 Å². The molecular weight excluding hydrogens is 184 g/mol. The molecule has 1 rings (SSSR count). The molecule has 0 aromatic carbocycles. The fraction of sp³-hybridized carbons (Fsp3) is 0.846. The maximum Gasteiger partial charge on any atom is 0.0574 e. The van der Waals surface area contributed by atoms with Crippen molar-refractivity contribution in [2.75, 3.05) is 32.7 Å². The van der Waals surface area contributed by atoms with E-state index in [1.807, 2.05) is 0 Å². The van der Waals surface area contributed by atoms with Gasteiger partial charge in [-0.05, 0) is 24.3 Å². The molecule has 1 aliphatic rings. The number of hydrogen-bond acceptors (Lipinski definition) is 2. The molecule has 0 radical (unpaired) electrons. The van der Waals surface area contributed by atoms with Gasteiger partial charge in [-0.3, -0.25) is 0 Å². The van der Waals surface area contributed by atoms with Gasteiger partial charge in [-0.2, -0.15) is 0 Å². The molecule has 0 aromatic heterocycles. The predicted molar refractivity (Wildman–Crippen MR) is 65.7 cm³/mol. The molecule has 0 aromatic rings. The standard InChI is InChI=1S/C13H24N2/c1-5-7-14-8-10-15-9-6-12(11-15)13(2,3)4/h1,12,14H,6-11H2,2-4H3. The molecule has 1 heterocycles. The van der Waals surface area contributed by atoms with Crippen LogP contribution in [0.25, 0.3) is 0 Å². The van der Waals surface area contributed by atoms with Crippen molar-refractivity contribution in [1.29, 1.82) is 0 Å². The van der Waals surface area contributed by atoms with E-state index >= 15 is 0 Å². The van der Waals surface area contributed by atoms with Crippen LogP contribution in [0.5, 0.6) is 0 Å². The van der Waals surface area contributed by atoms with Gasteiger partial charge in [-0.25, -0.2) is 0 Å². The molecule has 1 unspecified atom stereocenters. The summed E-state index contributed by atoms with van der Waals surface area (Å²) >= 11 is 0. The SMILES string of the molecule is C#CCNCCN1CCC(C(C)(C)C)C1. The maximum absolute atomic E-state index is 5.18. The fourth-order valence-corrected chi connectivity index (χ4v) is 2.14. The number of hydrogen-bond donors (Lipinski definition) is 1. The lowest BCUT2D eigenvalue weighted by molar-refractivity contribution is 0.229. The van der Waals surface area contributed by atoms with E-state index in [4.69, 9.17) is 6.42 Å². The minimum Gasteiger partial charge on any atom is -0.305 e. The Morgan fingerprint density at radius 2 is 2.20 bits per heavy atom. The Morgan fingerprint density at radius 3 is 2.73 bits per heavy atom. The molecule has 1 aliphatic heterocycles. The number of likely N-dealkylation sites (tertiary alicyclic amines) is 1. The van der Waals surface area contributed by atoms with Gasteiger partial charge in [0.25, 0.3) is 0 Å². The smallest absolute Gasteiger partial charge is 0.0574 e. The molecule has 1 N–H and O–H groups in total. The van der Waals surface area contributed by atoms with Crippen LogP contribution in [-0.4, -0.2) is 37.6 Å². The fourth-order valence-electron chi connectivity index (χ4n) is 2.14. The number of nitrogens with zero attached hydrogens (tertiary/aromatic N) is 1. The maximum atomic E-state index is 5.18. The number of terminal acetylenes is 1. The largest absolute Gasteiger partial charge is 0.305 e. The van der Waals surface area contributed by atoms with Gasteiger partial charge in [0, 0.05) is 19.6 Å². The Morgan fingerprint density at radius 1 is 1.47 bits per heavy atom. The average Bonchev–Trinajstić information content (AvgIpc) is 2.60. The van der Waals surface area contributed by atoms with Crippen LogP contribution < -0.4 is 5.32 Å². The molecule has 0 aliphatic carbocycles. The van der Waals surface area contributed by atoms with Crippen molar-refractivity contribution in [2.24, 2.45) is 11.3 Å². The van der Waals surface area contributed by atoms with Gasteiger partial charge >= 0.3 is 0 Å². The van der Waals surface area contributed by atoms with Crippen molar-refractivity contribution in [3.63, 3.8) is 0 Å². The minimum atomic E-state index is 0.459. The van der Waals surface area contributed by atoms with E-state index in [1.165, 1.54) is 19.5 Å². The van der Waals surface area contributed by atoms with Crippen molar-refractivity contribution >= 4 is 0 Å². The van der Waals surface area contributed by atoms with Gasteiger partial charge in [0.05, 0.1) is 6.54 Å². The number of rotatable bonds is 4. The highest BCUT2D eigenvalue weighted by atomic mass is 15.2.